The van der Waals surface area contributed by atoms with Crippen molar-refractivity contribution >= 4 is 5.65 Å². The van der Waals surface area contributed by atoms with Crippen molar-refractivity contribution in [2.45, 2.75) is 44.6 Å². The molecule has 1 saturated carbocycles. The second-order valence-electron chi connectivity index (χ2n) is 7.86. The van der Waals surface area contributed by atoms with Gasteiger partial charge in [-0.15, -0.1) is 0 Å². The molecule has 1 fully saturated rings. The van der Waals surface area contributed by atoms with Crippen molar-refractivity contribution in [2.24, 2.45) is 0 Å². The molecule has 2 aliphatic rings. The molecule has 0 bridgehead atoms. The molecule has 0 saturated heterocycles. The minimum absolute atomic E-state index is 0.795. The van der Waals surface area contributed by atoms with E-state index < -0.39 is 0 Å². The van der Waals surface area contributed by atoms with E-state index in [-0.39, 0.29) is 0 Å². The van der Waals surface area contributed by atoms with E-state index in [1.54, 1.807) is 0 Å². The summed E-state index contributed by atoms with van der Waals surface area (Å²) >= 11 is 0. The molecule has 1 aromatic carbocycles. The maximum absolute atomic E-state index is 6.20. The van der Waals surface area contributed by atoms with Crippen LogP contribution in [-0.2, 0) is 6.42 Å². The smallest absolute Gasteiger partial charge is 0.136 e. The third-order valence-electron chi connectivity index (χ3n) is 6.15. The van der Waals surface area contributed by atoms with Gasteiger partial charge in [-0.25, -0.2) is 4.98 Å². The number of aryl methyl sites for hydroxylation is 1. The maximum atomic E-state index is 6.20. The molecule has 2 aromatic heterocycles. The molecule has 0 N–H and O–H groups in total. The van der Waals surface area contributed by atoms with Gasteiger partial charge in [0, 0.05) is 31.2 Å². The number of ether oxygens (including phenoxy) is 1. The molecule has 4 heteroatoms. The van der Waals surface area contributed by atoms with E-state index in [2.05, 4.69) is 50.8 Å². The fourth-order valence-corrected chi connectivity index (χ4v) is 4.32. The van der Waals surface area contributed by atoms with Crippen LogP contribution in [0, 0.1) is 0 Å². The Morgan fingerprint density at radius 3 is 2.78 bits per heavy atom. The molecule has 3 aromatic rings. The van der Waals surface area contributed by atoms with Gasteiger partial charge in [0.25, 0.3) is 0 Å². The Bertz CT molecular complexity index is 928. The van der Waals surface area contributed by atoms with Crippen LogP contribution in [0.3, 0.4) is 0 Å². The van der Waals surface area contributed by atoms with Crippen LogP contribution in [0.1, 0.15) is 37.7 Å². The first-order valence-corrected chi connectivity index (χ1v) is 10.3. The fourth-order valence-electron chi connectivity index (χ4n) is 4.32. The number of hydrogen-bond acceptors (Lipinski definition) is 3. The summed E-state index contributed by atoms with van der Waals surface area (Å²) in [4.78, 5) is 6.99. The SMILES string of the molecule is c1cn2cc(-c3ccc4c(c3)CCCCN(C3CCC3)CCO4)ccc2n1. The van der Waals surface area contributed by atoms with Crippen LogP contribution in [0.15, 0.2) is 48.9 Å². The lowest BCUT2D eigenvalue weighted by Gasteiger charge is -2.38. The van der Waals surface area contributed by atoms with E-state index in [4.69, 9.17) is 4.74 Å². The summed E-state index contributed by atoms with van der Waals surface area (Å²) in [6.45, 7) is 3.08. The zero-order valence-corrected chi connectivity index (χ0v) is 15.8. The molecule has 1 aliphatic heterocycles. The Labute approximate surface area is 160 Å². The van der Waals surface area contributed by atoms with E-state index >= 15 is 0 Å². The molecule has 3 heterocycles. The monoisotopic (exact) mass is 361 g/mol. The lowest BCUT2D eigenvalue weighted by Crippen LogP contribution is -2.43. The molecular formula is C23H27N3O. The fraction of sp³-hybridized carbons (Fsp3) is 0.435. The molecule has 27 heavy (non-hydrogen) atoms. The van der Waals surface area contributed by atoms with E-state index in [1.807, 2.05) is 12.4 Å². The van der Waals surface area contributed by atoms with Crippen LogP contribution in [-0.4, -0.2) is 40.0 Å². The number of benzene rings is 1. The van der Waals surface area contributed by atoms with Gasteiger partial charge in [0.05, 0.1) is 0 Å². The lowest BCUT2D eigenvalue weighted by atomic mass is 9.91. The van der Waals surface area contributed by atoms with Crippen LogP contribution in [0.5, 0.6) is 5.75 Å². The highest BCUT2D eigenvalue weighted by Gasteiger charge is 2.24. The summed E-state index contributed by atoms with van der Waals surface area (Å²) < 4.78 is 8.28. The van der Waals surface area contributed by atoms with E-state index in [0.29, 0.717) is 0 Å². The van der Waals surface area contributed by atoms with Crippen LogP contribution in [0.4, 0.5) is 0 Å². The molecule has 0 atom stereocenters. The number of fused-ring (bicyclic) bond motifs is 2. The summed E-state index contributed by atoms with van der Waals surface area (Å²) in [5.41, 5.74) is 4.80. The topological polar surface area (TPSA) is 29.8 Å². The molecule has 1 aliphatic carbocycles. The van der Waals surface area contributed by atoms with Crippen molar-refractivity contribution in [1.29, 1.82) is 0 Å². The standard InChI is InChI=1S/C23H27N3O/c1-2-12-25(21-5-3-6-21)14-15-27-22-9-7-18(16-19(22)4-1)20-8-10-23-24-11-13-26(23)17-20/h7-11,13,16-17,21H,1-6,12,14-15H2. The average molecular weight is 361 g/mol. The summed E-state index contributed by atoms with van der Waals surface area (Å²) in [7, 11) is 0. The van der Waals surface area contributed by atoms with Crippen molar-refractivity contribution in [2.75, 3.05) is 19.7 Å². The van der Waals surface area contributed by atoms with Crippen molar-refractivity contribution in [3.05, 3.63) is 54.5 Å². The highest BCUT2D eigenvalue weighted by Crippen LogP contribution is 2.30. The summed E-state index contributed by atoms with van der Waals surface area (Å²) in [6.07, 6.45) is 13.7. The Morgan fingerprint density at radius 1 is 0.963 bits per heavy atom. The minimum atomic E-state index is 0.795. The van der Waals surface area contributed by atoms with E-state index in [9.17, 15) is 0 Å². The van der Waals surface area contributed by atoms with Crippen LogP contribution < -0.4 is 4.74 Å². The predicted octanol–water partition coefficient (Wildman–Crippen LogP) is 4.57. The van der Waals surface area contributed by atoms with Gasteiger partial charge in [0.2, 0.25) is 0 Å². The van der Waals surface area contributed by atoms with Crippen LogP contribution in [0.2, 0.25) is 0 Å². The van der Waals surface area contributed by atoms with Crippen molar-refractivity contribution in [1.82, 2.24) is 14.3 Å². The highest BCUT2D eigenvalue weighted by atomic mass is 16.5. The molecule has 5 rings (SSSR count). The van der Waals surface area contributed by atoms with Gasteiger partial charge in [0.15, 0.2) is 0 Å². The van der Waals surface area contributed by atoms with Gasteiger partial charge in [-0.3, -0.25) is 4.90 Å². The number of aromatic nitrogens is 2. The number of nitrogens with zero attached hydrogens (tertiary/aromatic N) is 3. The molecule has 140 valence electrons. The Morgan fingerprint density at radius 2 is 1.89 bits per heavy atom. The van der Waals surface area contributed by atoms with Gasteiger partial charge >= 0.3 is 0 Å². The second kappa shape index (κ2) is 7.35. The zero-order valence-electron chi connectivity index (χ0n) is 15.8. The largest absolute Gasteiger partial charge is 0.492 e. The van der Waals surface area contributed by atoms with Gasteiger partial charge in [-0.1, -0.05) is 12.5 Å². The number of pyridine rings is 1. The first-order chi connectivity index (χ1) is 13.4. The zero-order chi connectivity index (χ0) is 18.1. The lowest BCUT2D eigenvalue weighted by molar-refractivity contribution is 0.103. The summed E-state index contributed by atoms with van der Waals surface area (Å²) in [5.74, 6) is 1.07. The van der Waals surface area contributed by atoms with Gasteiger partial charge in [-0.2, -0.15) is 0 Å². The predicted molar refractivity (Wildman–Crippen MR) is 108 cm³/mol. The molecule has 0 spiro atoms. The third-order valence-corrected chi connectivity index (χ3v) is 6.15. The normalized spacial score (nSPS) is 19.3. The maximum Gasteiger partial charge on any atom is 0.136 e. The van der Waals surface area contributed by atoms with E-state index in [0.717, 1.165) is 37.0 Å². The van der Waals surface area contributed by atoms with Crippen molar-refractivity contribution in [3.8, 4) is 16.9 Å². The molecule has 0 amide bonds. The molecule has 4 nitrogen and oxygen atoms in total. The van der Waals surface area contributed by atoms with Crippen molar-refractivity contribution in [3.63, 3.8) is 0 Å². The summed E-state index contributed by atoms with van der Waals surface area (Å²) in [5, 5.41) is 0. The molecule has 0 radical (unpaired) electrons. The number of imidazole rings is 1. The van der Waals surface area contributed by atoms with Crippen molar-refractivity contribution < 1.29 is 4.74 Å². The van der Waals surface area contributed by atoms with Gasteiger partial charge in [0.1, 0.15) is 18.0 Å². The molecule has 0 unspecified atom stereocenters. The Balaban J connectivity index is 1.37. The average Bonchev–Trinajstić information content (AvgIpc) is 3.12. The van der Waals surface area contributed by atoms with Gasteiger partial charge in [-0.05, 0) is 79.6 Å². The summed E-state index contributed by atoms with van der Waals surface area (Å²) in [6, 6.07) is 11.7. The Kier molecular flexibility index (Phi) is 4.58. The molecular weight excluding hydrogens is 334 g/mol. The van der Waals surface area contributed by atoms with E-state index in [1.165, 1.54) is 55.3 Å². The first-order valence-electron chi connectivity index (χ1n) is 10.3. The van der Waals surface area contributed by atoms with Gasteiger partial charge < -0.3 is 9.14 Å². The third kappa shape index (κ3) is 3.46. The first kappa shape index (κ1) is 16.8. The minimum Gasteiger partial charge on any atom is -0.492 e. The quantitative estimate of drug-likeness (QED) is 0.670. The Hall–Kier alpha value is -2.33. The number of hydrogen-bond donors (Lipinski definition) is 0. The highest BCUT2D eigenvalue weighted by molar-refractivity contribution is 5.66. The van der Waals surface area contributed by atoms with Crippen LogP contribution >= 0.6 is 0 Å². The number of rotatable bonds is 2. The second-order valence-corrected chi connectivity index (χ2v) is 7.86. The van der Waals surface area contributed by atoms with Crippen LogP contribution in [0.25, 0.3) is 16.8 Å².